The number of nitrogens with one attached hydrogen (secondary N) is 1. The molecule has 2 rings (SSSR count). The molecule has 2 heterocycles. The van der Waals surface area contributed by atoms with Crippen LogP contribution in [0.3, 0.4) is 0 Å². The summed E-state index contributed by atoms with van der Waals surface area (Å²) >= 11 is 0. The SMILES string of the molecule is CNC1CCN(CCC2CCCCO2)C(C)C1C. The Bertz CT molecular complexity index is 241. The lowest BCUT2D eigenvalue weighted by atomic mass is 9.87. The number of rotatable bonds is 4. The third-order valence-electron chi connectivity index (χ3n) is 5.08. The number of nitrogens with zero attached hydrogens (tertiary/aromatic N) is 1. The lowest BCUT2D eigenvalue weighted by molar-refractivity contribution is -0.00341. The summed E-state index contributed by atoms with van der Waals surface area (Å²) in [7, 11) is 2.10. The fraction of sp³-hybridized carbons (Fsp3) is 1.00. The Labute approximate surface area is 112 Å². The molecule has 106 valence electrons. The van der Waals surface area contributed by atoms with E-state index in [2.05, 4.69) is 31.1 Å². The number of likely N-dealkylation sites (tertiary alicyclic amines) is 1. The fourth-order valence-electron chi connectivity index (χ4n) is 3.51. The van der Waals surface area contributed by atoms with Gasteiger partial charge >= 0.3 is 0 Å². The van der Waals surface area contributed by atoms with Gasteiger partial charge in [0.25, 0.3) is 0 Å². The first-order valence-corrected chi connectivity index (χ1v) is 7.75. The topological polar surface area (TPSA) is 24.5 Å². The highest BCUT2D eigenvalue weighted by Gasteiger charge is 2.31. The molecule has 2 fully saturated rings. The van der Waals surface area contributed by atoms with Crippen LogP contribution in [0, 0.1) is 5.92 Å². The summed E-state index contributed by atoms with van der Waals surface area (Å²) in [6.07, 6.45) is 6.94. The Morgan fingerprint density at radius 2 is 2.06 bits per heavy atom. The van der Waals surface area contributed by atoms with Crippen molar-refractivity contribution in [3.8, 4) is 0 Å². The van der Waals surface area contributed by atoms with E-state index in [1.807, 2.05) is 0 Å². The van der Waals surface area contributed by atoms with Crippen LogP contribution in [-0.2, 0) is 4.74 Å². The molecule has 0 aromatic heterocycles. The normalized spacial score (nSPS) is 38.8. The minimum atomic E-state index is 0.531. The average Bonchev–Trinajstić information content (AvgIpc) is 2.42. The van der Waals surface area contributed by atoms with Crippen LogP contribution in [0.15, 0.2) is 0 Å². The van der Waals surface area contributed by atoms with Crippen molar-refractivity contribution in [2.75, 3.05) is 26.7 Å². The molecule has 3 nitrogen and oxygen atoms in total. The van der Waals surface area contributed by atoms with Crippen molar-refractivity contribution in [2.45, 2.75) is 64.1 Å². The van der Waals surface area contributed by atoms with E-state index < -0.39 is 0 Å². The smallest absolute Gasteiger partial charge is 0.0587 e. The summed E-state index contributed by atoms with van der Waals surface area (Å²) in [4.78, 5) is 2.66. The molecule has 0 radical (unpaired) electrons. The summed E-state index contributed by atoms with van der Waals surface area (Å²) < 4.78 is 5.83. The van der Waals surface area contributed by atoms with Crippen LogP contribution >= 0.6 is 0 Å². The third kappa shape index (κ3) is 3.46. The molecule has 4 atom stereocenters. The van der Waals surface area contributed by atoms with Crippen LogP contribution in [-0.4, -0.2) is 49.8 Å². The lowest BCUT2D eigenvalue weighted by Gasteiger charge is -2.43. The van der Waals surface area contributed by atoms with Gasteiger partial charge in [0.2, 0.25) is 0 Å². The Morgan fingerprint density at radius 3 is 2.72 bits per heavy atom. The van der Waals surface area contributed by atoms with Crippen LogP contribution in [0.1, 0.15) is 46.0 Å². The van der Waals surface area contributed by atoms with Gasteiger partial charge in [0.15, 0.2) is 0 Å². The predicted octanol–water partition coefficient (Wildman–Crippen LogP) is 2.26. The van der Waals surface area contributed by atoms with Gasteiger partial charge < -0.3 is 15.0 Å². The van der Waals surface area contributed by atoms with Gasteiger partial charge in [0, 0.05) is 25.2 Å². The molecule has 1 N–H and O–H groups in total. The Hall–Kier alpha value is -0.120. The predicted molar refractivity (Wildman–Crippen MR) is 75.9 cm³/mol. The number of hydrogen-bond acceptors (Lipinski definition) is 3. The molecule has 0 aromatic carbocycles. The van der Waals surface area contributed by atoms with Crippen LogP contribution in [0.2, 0.25) is 0 Å². The molecular formula is C15H30N2O. The number of ether oxygens (including phenoxy) is 1. The van der Waals surface area contributed by atoms with Crippen molar-refractivity contribution in [1.82, 2.24) is 10.2 Å². The zero-order valence-electron chi connectivity index (χ0n) is 12.3. The highest BCUT2D eigenvalue weighted by Crippen LogP contribution is 2.24. The highest BCUT2D eigenvalue weighted by atomic mass is 16.5. The second-order valence-corrected chi connectivity index (χ2v) is 6.10. The molecule has 2 aliphatic rings. The fourth-order valence-corrected chi connectivity index (χ4v) is 3.51. The standard InChI is InChI=1S/C15H30N2O/c1-12-13(2)17(10-8-15(12)16-3)9-7-14-6-4-5-11-18-14/h12-16H,4-11H2,1-3H3. The van der Waals surface area contributed by atoms with Gasteiger partial charge in [-0.2, -0.15) is 0 Å². The summed E-state index contributed by atoms with van der Waals surface area (Å²) in [5, 5.41) is 3.46. The minimum absolute atomic E-state index is 0.531. The second-order valence-electron chi connectivity index (χ2n) is 6.10. The first kappa shape index (κ1) is 14.3. The van der Waals surface area contributed by atoms with Gasteiger partial charge in [0.1, 0.15) is 0 Å². The molecule has 0 aromatic rings. The van der Waals surface area contributed by atoms with Crippen molar-refractivity contribution in [3.63, 3.8) is 0 Å². The van der Waals surface area contributed by atoms with E-state index in [1.54, 1.807) is 0 Å². The van der Waals surface area contributed by atoms with Crippen LogP contribution in [0.25, 0.3) is 0 Å². The van der Waals surface area contributed by atoms with E-state index in [0.29, 0.717) is 18.2 Å². The molecule has 18 heavy (non-hydrogen) atoms. The monoisotopic (exact) mass is 254 g/mol. The summed E-state index contributed by atoms with van der Waals surface area (Å²) in [6, 6.07) is 1.39. The van der Waals surface area contributed by atoms with Crippen LogP contribution < -0.4 is 5.32 Å². The quantitative estimate of drug-likeness (QED) is 0.833. The van der Waals surface area contributed by atoms with E-state index in [4.69, 9.17) is 4.74 Å². The van der Waals surface area contributed by atoms with Gasteiger partial charge in [-0.1, -0.05) is 6.92 Å². The van der Waals surface area contributed by atoms with Gasteiger partial charge in [-0.15, -0.1) is 0 Å². The lowest BCUT2D eigenvalue weighted by Crippen LogP contribution is -2.53. The van der Waals surface area contributed by atoms with Crippen LogP contribution in [0.5, 0.6) is 0 Å². The maximum atomic E-state index is 5.83. The van der Waals surface area contributed by atoms with Gasteiger partial charge in [-0.3, -0.25) is 0 Å². The molecule has 0 amide bonds. The van der Waals surface area contributed by atoms with Crippen molar-refractivity contribution in [2.24, 2.45) is 5.92 Å². The molecule has 4 unspecified atom stereocenters. The van der Waals surface area contributed by atoms with E-state index in [0.717, 1.165) is 12.5 Å². The van der Waals surface area contributed by atoms with Crippen molar-refractivity contribution >= 4 is 0 Å². The summed E-state index contributed by atoms with van der Waals surface area (Å²) in [5.41, 5.74) is 0. The van der Waals surface area contributed by atoms with Crippen molar-refractivity contribution in [1.29, 1.82) is 0 Å². The van der Waals surface area contributed by atoms with Gasteiger partial charge in [-0.05, 0) is 58.5 Å². The number of hydrogen-bond donors (Lipinski definition) is 1. The maximum absolute atomic E-state index is 5.83. The first-order chi connectivity index (χ1) is 8.72. The van der Waals surface area contributed by atoms with Crippen molar-refractivity contribution < 1.29 is 4.74 Å². The molecule has 2 aliphatic heterocycles. The van der Waals surface area contributed by atoms with E-state index in [1.165, 1.54) is 45.2 Å². The maximum Gasteiger partial charge on any atom is 0.0587 e. The highest BCUT2D eigenvalue weighted by molar-refractivity contribution is 4.88. The summed E-state index contributed by atoms with van der Waals surface area (Å²) in [6.45, 7) is 8.21. The Balaban J connectivity index is 1.75. The molecule has 2 saturated heterocycles. The molecule has 0 aliphatic carbocycles. The molecule has 3 heteroatoms. The van der Waals surface area contributed by atoms with E-state index in [9.17, 15) is 0 Å². The van der Waals surface area contributed by atoms with E-state index >= 15 is 0 Å². The average molecular weight is 254 g/mol. The zero-order valence-corrected chi connectivity index (χ0v) is 12.3. The second kappa shape index (κ2) is 6.88. The van der Waals surface area contributed by atoms with E-state index in [-0.39, 0.29) is 0 Å². The Morgan fingerprint density at radius 1 is 1.22 bits per heavy atom. The Kier molecular flexibility index (Phi) is 5.46. The minimum Gasteiger partial charge on any atom is -0.378 e. The van der Waals surface area contributed by atoms with Crippen LogP contribution in [0.4, 0.5) is 0 Å². The molecule has 0 saturated carbocycles. The largest absolute Gasteiger partial charge is 0.378 e. The summed E-state index contributed by atoms with van der Waals surface area (Å²) in [5.74, 6) is 0.746. The number of piperidine rings is 1. The molecule has 0 bridgehead atoms. The molecular weight excluding hydrogens is 224 g/mol. The first-order valence-electron chi connectivity index (χ1n) is 7.75. The van der Waals surface area contributed by atoms with Gasteiger partial charge in [0.05, 0.1) is 6.10 Å². The molecule has 0 spiro atoms. The third-order valence-corrected chi connectivity index (χ3v) is 5.08. The van der Waals surface area contributed by atoms with Crippen molar-refractivity contribution in [3.05, 3.63) is 0 Å². The van der Waals surface area contributed by atoms with Gasteiger partial charge in [-0.25, -0.2) is 0 Å². The zero-order chi connectivity index (χ0) is 13.0.